The highest BCUT2D eigenvalue weighted by Crippen LogP contribution is 2.29. The molecule has 1 rings (SSSR count). The molecule has 0 saturated carbocycles. The Hall–Kier alpha value is -0.120. The van der Waals surface area contributed by atoms with Gasteiger partial charge in [0.15, 0.2) is 0 Å². The van der Waals surface area contributed by atoms with Gasteiger partial charge in [0.05, 0.1) is 6.61 Å². The van der Waals surface area contributed by atoms with Crippen LogP contribution >= 0.6 is 0 Å². The predicted octanol–water partition coefficient (Wildman–Crippen LogP) is 2.12. The summed E-state index contributed by atoms with van der Waals surface area (Å²) in [5.74, 6) is 0. The average Bonchev–Trinajstić information content (AvgIpc) is 2.45. The Labute approximate surface area is 107 Å². The first kappa shape index (κ1) is 14.9. The van der Waals surface area contributed by atoms with E-state index >= 15 is 0 Å². The van der Waals surface area contributed by atoms with E-state index in [9.17, 15) is 0 Å². The molecule has 0 aromatic carbocycles. The highest BCUT2D eigenvalue weighted by atomic mass is 16.5. The second-order valence-electron chi connectivity index (χ2n) is 5.81. The van der Waals surface area contributed by atoms with E-state index in [1.165, 1.54) is 38.9 Å². The molecule has 0 amide bonds. The highest BCUT2D eigenvalue weighted by Gasteiger charge is 2.22. The van der Waals surface area contributed by atoms with Gasteiger partial charge in [-0.2, -0.15) is 0 Å². The average molecular weight is 242 g/mol. The lowest BCUT2D eigenvalue weighted by molar-refractivity contribution is 0.148. The molecule has 0 spiro atoms. The standard InChI is InChI=1S/C14H30N2O/c1-4-17-13-9-15-8-12-16-10-5-6-14(2,3)7-11-16/h15H,4-13H2,1-3H3. The molecule has 1 N–H and O–H groups in total. The molecule has 0 radical (unpaired) electrons. The minimum atomic E-state index is 0.553. The summed E-state index contributed by atoms with van der Waals surface area (Å²) >= 11 is 0. The monoisotopic (exact) mass is 242 g/mol. The smallest absolute Gasteiger partial charge is 0.0590 e. The predicted molar refractivity (Wildman–Crippen MR) is 73.4 cm³/mol. The third kappa shape index (κ3) is 7.02. The van der Waals surface area contributed by atoms with Gasteiger partial charge >= 0.3 is 0 Å². The lowest BCUT2D eigenvalue weighted by Crippen LogP contribution is -2.34. The van der Waals surface area contributed by atoms with Crippen LogP contribution in [0.25, 0.3) is 0 Å². The third-order valence-corrected chi connectivity index (χ3v) is 3.66. The summed E-state index contributed by atoms with van der Waals surface area (Å²) in [6, 6.07) is 0. The topological polar surface area (TPSA) is 24.5 Å². The Morgan fingerprint density at radius 1 is 1.18 bits per heavy atom. The number of hydrogen-bond donors (Lipinski definition) is 1. The van der Waals surface area contributed by atoms with E-state index in [-0.39, 0.29) is 0 Å². The minimum Gasteiger partial charge on any atom is -0.380 e. The van der Waals surface area contributed by atoms with Crippen LogP contribution in [0.5, 0.6) is 0 Å². The number of hydrogen-bond acceptors (Lipinski definition) is 3. The molecular formula is C14H30N2O. The van der Waals surface area contributed by atoms with Crippen molar-refractivity contribution in [2.24, 2.45) is 5.41 Å². The number of nitrogens with one attached hydrogen (secondary N) is 1. The van der Waals surface area contributed by atoms with Crippen molar-refractivity contribution in [2.45, 2.75) is 40.0 Å². The number of ether oxygens (including phenoxy) is 1. The van der Waals surface area contributed by atoms with Gasteiger partial charge in [-0.25, -0.2) is 0 Å². The van der Waals surface area contributed by atoms with Crippen LogP contribution in [0.15, 0.2) is 0 Å². The quantitative estimate of drug-likeness (QED) is 0.692. The van der Waals surface area contributed by atoms with E-state index in [1.807, 2.05) is 6.92 Å². The maximum atomic E-state index is 5.30. The van der Waals surface area contributed by atoms with Crippen LogP contribution in [0.1, 0.15) is 40.0 Å². The summed E-state index contributed by atoms with van der Waals surface area (Å²) in [7, 11) is 0. The van der Waals surface area contributed by atoms with Crippen molar-refractivity contribution in [1.29, 1.82) is 0 Å². The first-order valence-corrected chi connectivity index (χ1v) is 7.15. The maximum Gasteiger partial charge on any atom is 0.0590 e. The molecule has 1 fully saturated rings. The van der Waals surface area contributed by atoms with E-state index in [0.717, 1.165) is 26.3 Å². The molecule has 1 saturated heterocycles. The molecular weight excluding hydrogens is 212 g/mol. The number of likely N-dealkylation sites (tertiary alicyclic amines) is 1. The Balaban J connectivity index is 2.03. The van der Waals surface area contributed by atoms with Crippen LogP contribution < -0.4 is 5.32 Å². The second kappa shape index (κ2) is 8.06. The van der Waals surface area contributed by atoms with Gasteiger partial charge in [-0.1, -0.05) is 13.8 Å². The molecule has 0 aliphatic carbocycles. The normalized spacial score (nSPS) is 21.4. The Morgan fingerprint density at radius 2 is 2.00 bits per heavy atom. The molecule has 3 nitrogen and oxygen atoms in total. The molecule has 3 heteroatoms. The van der Waals surface area contributed by atoms with Crippen molar-refractivity contribution in [3.05, 3.63) is 0 Å². The summed E-state index contributed by atoms with van der Waals surface area (Å²) < 4.78 is 5.30. The van der Waals surface area contributed by atoms with Crippen LogP contribution in [-0.2, 0) is 4.74 Å². The van der Waals surface area contributed by atoms with Crippen LogP contribution in [0.4, 0.5) is 0 Å². The summed E-state index contributed by atoms with van der Waals surface area (Å²) in [5.41, 5.74) is 0.553. The third-order valence-electron chi connectivity index (χ3n) is 3.66. The first-order valence-electron chi connectivity index (χ1n) is 7.15. The summed E-state index contributed by atoms with van der Waals surface area (Å²) in [6.45, 7) is 14.3. The van der Waals surface area contributed by atoms with Crippen LogP contribution in [0, 0.1) is 5.41 Å². The molecule has 0 bridgehead atoms. The molecule has 0 aromatic heterocycles. The highest BCUT2D eigenvalue weighted by molar-refractivity contribution is 4.76. The first-order chi connectivity index (χ1) is 8.14. The van der Waals surface area contributed by atoms with Crippen LogP contribution in [0.3, 0.4) is 0 Å². The van der Waals surface area contributed by atoms with Crippen molar-refractivity contribution in [2.75, 3.05) is 45.9 Å². The van der Waals surface area contributed by atoms with Crippen molar-refractivity contribution in [3.8, 4) is 0 Å². The molecule has 0 aromatic rings. The lowest BCUT2D eigenvalue weighted by atomic mass is 9.85. The molecule has 17 heavy (non-hydrogen) atoms. The van der Waals surface area contributed by atoms with E-state index < -0.39 is 0 Å². The van der Waals surface area contributed by atoms with Crippen molar-refractivity contribution in [3.63, 3.8) is 0 Å². The van der Waals surface area contributed by atoms with Gasteiger partial charge in [-0.05, 0) is 44.7 Å². The number of rotatable bonds is 7. The summed E-state index contributed by atoms with van der Waals surface area (Å²) in [4.78, 5) is 2.60. The minimum absolute atomic E-state index is 0.553. The lowest BCUT2D eigenvalue weighted by Gasteiger charge is -2.23. The fourth-order valence-electron chi connectivity index (χ4n) is 2.35. The maximum absolute atomic E-state index is 5.30. The summed E-state index contributed by atoms with van der Waals surface area (Å²) in [6.07, 6.45) is 4.07. The molecule has 0 unspecified atom stereocenters. The van der Waals surface area contributed by atoms with Crippen LogP contribution in [-0.4, -0.2) is 50.8 Å². The molecule has 1 heterocycles. The Morgan fingerprint density at radius 3 is 2.76 bits per heavy atom. The van der Waals surface area contributed by atoms with E-state index in [2.05, 4.69) is 24.1 Å². The fraction of sp³-hybridized carbons (Fsp3) is 1.00. The molecule has 0 atom stereocenters. The van der Waals surface area contributed by atoms with Crippen molar-refractivity contribution in [1.82, 2.24) is 10.2 Å². The molecule has 102 valence electrons. The van der Waals surface area contributed by atoms with Gasteiger partial charge in [0.25, 0.3) is 0 Å². The van der Waals surface area contributed by atoms with Gasteiger partial charge in [0.1, 0.15) is 0 Å². The Kier molecular flexibility index (Phi) is 7.09. The van der Waals surface area contributed by atoms with E-state index in [1.54, 1.807) is 0 Å². The second-order valence-corrected chi connectivity index (χ2v) is 5.81. The van der Waals surface area contributed by atoms with Crippen LogP contribution in [0.2, 0.25) is 0 Å². The fourth-order valence-corrected chi connectivity index (χ4v) is 2.35. The number of nitrogens with zero attached hydrogens (tertiary/aromatic N) is 1. The molecule has 1 aliphatic heterocycles. The van der Waals surface area contributed by atoms with Gasteiger partial charge < -0.3 is 15.0 Å². The SMILES string of the molecule is CCOCCNCCN1CCCC(C)(C)CC1. The van der Waals surface area contributed by atoms with Gasteiger partial charge in [0.2, 0.25) is 0 Å². The zero-order chi connectivity index (χ0) is 12.6. The Bertz CT molecular complexity index is 195. The zero-order valence-electron chi connectivity index (χ0n) is 11.9. The van der Waals surface area contributed by atoms with Gasteiger partial charge in [0, 0.05) is 26.2 Å². The van der Waals surface area contributed by atoms with Gasteiger partial charge in [-0.3, -0.25) is 0 Å². The van der Waals surface area contributed by atoms with Crippen molar-refractivity contribution < 1.29 is 4.74 Å². The molecule has 1 aliphatic rings. The van der Waals surface area contributed by atoms with E-state index in [0.29, 0.717) is 5.41 Å². The van der Waals surface area contributed by atoms with Gasteiger partial charge in [-0.15, -0.1) is 0 Å². The zero-order valence-corrected chi connectivity index (χ0v) is 11.9. The largest absolute Gasteiger partial charge is 0.380 e. The summed E-state index contributed by atoms with van der Waals surface area (Å²) in [5, 5.41) is 3.44. The van der Waals surface area contributed by atoms with Crippen molar-refractivity contribution >= 4 is 0 Å². The van der Waals surface area contributed by atoms with E-state index in [4.69, 9.17) is 4.74 Å².